The molecule has 1 N–H and O–H groups in total. The molecule has 1 aromatic carbocycles. The van der Waals surface area contributed by atoms with Crippen LogP contribution < -0.4 is 10.1 Å². The SMILES string of the molecule is COCCN1CCCC1CNC(=O)C1COc2ccccc2C1. The van der Waals surface area contributed by atoms with Gasteiger partial charge in [-0.05, 0) is 37.4 Å². The molecule has 2 aliphatic rings. The van der Waals surface area contributed by atoms with Crippen LogP contribution in [0.15, 0.2) is 24.3 Å². The topological polar surface area (TPSA) is 50.8 Å². The molecule has 2 unspecified atom stereocenters. The van der Waals surface area contributed by atoms with E-state index in [1.165, 1.54) is 6.42 Å². The monoisotopic (exact) mass is 318 g/mol. The molecular formula is C18H26N2O3. The summed E-state index contributed by atoms with van der Waals surface area (Å²) in [5.74, 6) is 0.940. The maximum absolute atomic E-state index is 12.5. The van der Waals surface area contributed by atoms with Gasteiger partial charge in [0.25, 0.3) is 0 Å². The molecule has 5 heteroatoms. The third-order valence-corrected chi connectivity index (χ3v) is 4.84. The van der Waals surface area contributed by atoms with E-state index in [0.29, 0.717) is 12.6 Å². The van der Waals surface area contributed by atoms with Gasteiger partial charge in [0.05, 0.1) is 12.5 Å². The van der Waals surface area contributed by atoms with Crippen molar-refractivity contribution < 1.29 is 14.3 Å². The zero-order chi connectivity index (χ0) is 16.1. The van der Waals surface area contributed by atoms with Crippen molar-refractivity contribution in [3.8, 4) is 5.75 Å². The van der Waals surface area contributed by atoms with Gasteiger partial charge in [0.15, 0.2) is 0 Å². The lowest BCUT2D eigenvalue weighted by Crippen LogP contribution is -2.44. The molecule has 0 radical (unpaired) electrons. The highest BCUT2D eigenvalue weighted by atomic mass is 16.5. The van der Waals surface area contributed by atoms with Crippen LogP contribution in [0, 0.1) is 5.92 Å². The van der Waals surface area contributed by atoms with Crippen LogP contribution in [0.2, 0.25) is 0 Å². The maximum atomic E-state index is 12.5. The highest BCUT2D eigenvalue weighted by Gasteiger charge is 2.28. The molecule has 126 valence electrons. The summed E-state index contributed by atoms with van der Waals surface area (Å²) in [5, 5.41) is 3.13. The molecule has 23 heavy (non-hydrogen) atoms. The van der Waals surface area contributed by atoms with Gasteiger partial charge in [0.2, 0.25) is 5.91 Å². The zero-order valence-electron chi connectivity index (χ0n) is 13.8. The van der Waals surface area contributed by atoms with Crippen molar-refractivity contribution in [2.75, 3.05) is 40.0 Å². The van der Waals surface area contributed by atoms with Crippen molar-refractivity contribution in [3.05, 3.63) is 29.8 Å². The first-order valence-corrected chi connectivity index (χ1v) is 8.49. The molecule has 1 aromatic rings. The molecule has 3 rings (SSSR count). The number of rotatable bonds is 6. The predicted molar refractivity (Wildman–Crippen MR) is 88.6 cm³/mol. The van der Waals surface area contributed by atoms with Crippen molar-refractivity contribution in [1.82, 2.24) is 10.2 Å². The Kier molecular flexibility index (Phi) is 5.51. The number of hydrogen-bond acceptors (Lipinski definition) is 4. The molecule has 1 fully saturated rings. The summed E-state index contributed by atoms with van der Waals surface area (Å²) in [7, 11) is 1.73. The van der Waals surface area contributed by atoms with Gasteiger partial charge in [0, 0.05) is 26.2 Å². The Morgan fingerprint density at radius 3 is 3.17 bits per heavy atom. The highest BCUT2D eigenvalue weighted by Crippen LogP contribution is 2.26. The summed E-state index contributed by atoms with van der Waals surface area (Å²) in [4.78, 5) is 14.9. The van der Waals surface area contributed by atoms with Crippen LogP contribution >= 0.6 is 0 Å². The van der Waals surface area contributed by atoms with Gasteiger partial charge in [-0.2, -0.15) is 0 Å². The van der Waals surface area contributed by atoms with Gasteiger partial charge in [-0.15, -0.1) is 0 Å². The van der Waals surface area contributed by atoms with E-state index in [1.807, 2.05) is 24.3 Å². The van der Waals surface area contributed by atoms with Crippen LogP contribution in [0.5, 0.6) is 5.75 Å². The molecule has 2 atom stereocenters. The number of carbonyl (C=O) groups excluding carboxylic acids is 1. The van der Waals surface area contributed by atoms with Crippen molar-refractivity contribution in [2.24, 2.45) is 5.92 Å². The molecule has 0 saturated carbocycles. The zero-order valence-corrected chi connectivity index (χ0v) is 13.8. The molecule has 0 aliphatic carbocycles. The number of methoxy groups -OCH3 is 1. The average Bonchev–Trinajstić information content (AvgIpc) is 3.04. The first-order chi connectivity index (χ1) is 11.3. The molecular weight excluding hydrogens is 292 g/mol. The summed E-state index contributed by atoms with van der Waals surface area (Å²) in [5.41, 5.74) is 1.13. The Bertz CT molecular complexity index is 535. The second-order valence-electron chi connectivity index (χ2n) is 6.39. The normalized spacial score (nSPS) is 24.0. The second-order valence-corrected chi connectivity index (χ2v) is 6.39. The molecule has 2 heterocycles. The Balaban J connectivity index is 1.48. The number of amides is 1. The molecule has 5 nitrogen and oxygen atoms in total. The summed E-state index contributed by atoms with van der Waals surface area (Å²) in [6.07, 6.45) is 3.11. The summed E-state index contributed by atoms with van der Waals surface area (Å²) < 4.78 is 10.9. The predicted octanol–water partition coefficient (Wildman–Crippen LogP) is 1.46. The molecule has 0 aromatic heterocycles. The third kappa shape index (κ3) is 4.03. The number of para-hydroxylation sites is 1. The van der Waals surface area contributed by atoms with E-state index in [-0.39, 0.29) is 11.8 Å². The highest BCUT2D eigenvalue weighted by molar-refractivity contribution is 5.79. The Labute approximate surface area is 137 Å². The van der Waals surface area contributed by atoms with Crippen LogP contribution in [0.25, 0.3) is 0 Å². The Morgan fingerprint density at radius 1 is 1.43 bits per heavy atom. The minimum Gasteiger partial charge on any atom is -0.492 e. The smallest absolute Gasteiger partial charge is 0.226 e. The fourth-order valence-electron chi connectivity index (χ4n) is 3.49. The van der Waals surface area contributed by atoms with E-state index >= 15 is 0 Å². The molecule has 2 aliphatic heterocycles. The second kappa shape index (κ2) is 7.79. The minimum atomic E-state index is -0.0845. The first kappa shape index (κ1) is 16.3. The number of benzene rings is 1. The van der Waals surface area contributed by atoms with E-state index < -0.39 is 0 Å². The number of likely N-dealkylation sites (tertiary alicyclic amines) is 1. The van der Waals surface area contributed by atoms with Crippen LogP contribution in [0.3, 0.4) is 0 Å². The van der Waals surface area contributed by atoms with Crippen LogP contribution in [-0.4, -0.2) is 56.8 Å². The van der Waals surface area contributed by atoms with E-state index in [0.717, 1.165) is 50.4 Å². The summed E-state index contributed by atoms with van der Waals surface area (Å²) in [6, 6.07) is 8.40. The fraction of sp³-hybridized carbons (Fsp3) is 0.611. The lowest BCUT2D eigenvalue weighted by molar-refractivity contribution is -0.126. The molecule has 0 spiro atoms. The van der Waals surface area contributed by atoms with E-state index in [4.69, 9.17) is 9.47 Å². The number of fused-ring (bicyclic) bond motifs is 1. The van der Waals surface area contributed by atoms with Gasteiger partial charge in [-0.3, -0.25) is 9.69 Å². The van der Waals surface area contributed by atoms with Gasteiger partial charge >= 0.3 is 0 Å². The van der Waals surface area contributed by atoms with Crippen molar-refractivity contribution in [1.29, 1.82) is 0 Å². The van der Waals surface area contributed by atoms with Crippen LogP contribution in [0.4, 0.5) is 0 Å². The molecule has 0 bridgehead atoms. The Hall–Kier alpha value is -1.59. The largest absolute Gasteiger partial charge is 0.492 e. The van der Waals surface area contributed by atoms with E-state index in [1.54, 1.807) is 7.11 Å². The van der Waals surface area contributed by atoms with E-state index in [2.05, 4.69) is 10.2 Å². The number of carbonyl (C=O) groups is 1. The lowest BCUT2D eigenvalue weighted by Gasteiger charge is -2.27. The third-order valence-electron chi connectivity index (χ3n) is 4.84. The molecule has 1 saturated heterocycles. The van der Waals surface area contributed by atoms with Gasteiger partial charge in [-0.25, -0.2) is 0 Å². The number of nitrogens with zero attached hydrogens (tertiary/aromatic N) is 1. The molecule has 1 amide bonds. The number of nitrogens with one attached hydrogen (secondary N) is 1. The van der Waals surface area contributed by atoms with Gasteiger partial charge < -0.3 is 14.8 Å². The fourth-order valence-corrected chi connectivity index (χ4v) is 3.49. The summed E-state index contributed by atoms with van der Waals surface area (Å²) >= 11 is 0. The maximum Gasteiger partial charge on any atom is 0.226 e. The van der Waals surface area contributed by atoms with Crippen molar-refractivity contribution in [3.63, 3.8) is 0 Å². The minimum absolute atomic E-state index is 0.0845. The van der Waals surface area contributed by atoms with Crippen LogP contribution in [0.1, 0.15) is 18.4 Å². The van der Waals surface area contributed by atoms with E-state index in [9.17, 15) is 4.79 Å². The quantitative estimate of drug-likeness (QED) is 0.863. The van der Waals surface area contributed by atoms with Crippen molar-refractivity contribution in [2.45, 2.75) is 25.3 Å². The van der Waals surface area contributed by atoms with Gasteiger partial charge in [-0.1, -0.05) is 18.2 Å². The first-order valence-electron chi connectivity index (χ1n) is 8.49. The van der Waals surface area contributed by atoms with Crippen molar-refractivity contribution >= 4 is 5.91 Å². The number of hydrogen-bond donors (Lipinski definition) is 1. The van der Waals surface area contributed by atoms with Crippen LogP contribution in [-0.2, 0) is 16.0 Å². The summed E-state index contributed by atoms with van der Waals surface area (Å²) in [6.45, 7) is 3.99. The average molecular weight is 318 g/mol. The van der Waals surface area contributed by atoms with Gasteiger partial charge in [0.1, 0.15) is 12.4 Å². The standard InChI is InChI=1S/C18H26N2O3/c1-22-10-9-20-8-4-6-16(20)12-19-18(21)15-11-14-5-2-3-7-17(14)23-13-15/h2-3,5,7,15-16H,4,6,8-13H2,1H3,(H,19,21). The Morgan fingerprint density at radius 2 is 2.30 bits per heavy atom. The number of ether oxygens (including phenoxy) is 2. The lowest BCUT2D eigenvalue weighted by atomic mass is 9.96.